The number of rotatable bonds is 5. The third-order valence-electron chi connectivity index (χ3n) is 4.01. The molecule has 0 bridgehead atoms. The number of nitrogens with zero attached hydrogens (tertiary/aromatic N) is 2. The summed E-state index contributed by atoms with van der Waals surface area (Å²) in [4.78, 5) is 18.5. The number of nitrogens with one attached hydrogen (secondary N) is 1. The molecule has 1 atom stereocenters. The zero-order valence-electron chi connectivity index (χ0n) is 13.1. The van der Waals surface area contributed by atoms with Gasteiger partial charge < -0.3 is 15.0 Å². The number of ether oxygens (including phenoxy) is 1. The second-order valence-electron chi connectivity index (χ2n) is 5.86. The van der Waals surface area contributed by atoms with Crippen LogP contribution in [0.15, 0.2) is 24.4 Å². The quantitative estimate of drug-likeness (QED) is 0.839. The fourth-order valence-electron chi connectivity index (χ4n) is 2.73. The molecule has 2 rings (SSSR count). The Morgan fingerprint density at radius 3 is 2.62 bits per heavy atom. The fraction of sp³-hybridized carbons (Fsp3) is 0.625. The van der Waals surface area contributed by atoms with Gasteiger partial charge in [-0.3, -0.25) is 4.79 Å². The molecule has 1 saturated heterocycles. The van der Waals surface area contributed by atoms with Gasteiger partial charge in [0.1, 0.15) is 11.9 Å². The number of aromatic nitrogens is 1. The van der Waals surface area contributed by atoms with Crippen LogP contribution in [-0.2, 0) is 9.53 Å². The molecule has 0 unspecified atom stereocenters. The molecule has 5 nitrogen and oxygen atoms in total. The van der Waals surface area contributed by atoms with Gasteiger partial charge in [0.2, 0.25) is 0 Å². The maximum absolute atomic E-state index is 11.8. The summed E-state index contributed by atoms with van der Waals surface area (Å²) < 4.78 is 4.88. The van der Waals surface area contributed by atoms with E-state index in [2.05, 4.69) is 15.2 Å². The summed E-state index contributed by atoms with van der Waals surface area (Å²) in [6.07, 6.45) is 3.85. The third kappa shape index (κ3) is 4.17. The Kier molecular flexibility index (Phi) is 5.56. The SMILES string of the molecule is COC(=O)[C@@H](NC1CCN(c2ccccn2)CC1)C(C)C. The first-order valence-electron chi connectivity index (χ1n) is 7.61. The van der Waals surface area contributed by atoms with E-state index in [1.165, 1.54) is 7.11 Å². The summed E-state index contributed by atoms with van der Waals surface area (Å²) in [5.74, 6) is 1.09. The summed E-state index contributed by atoms with van der Waals surface area (Å²) in [5, 5.41) is 3.46. The average molecular weight is 291 g/mol. The Morgan fingerprint density at radius 2 is 2.10 bits per heavy atom. The lowest BCUT2D eigenvalue weighted by Crippen LogP contribution is -2.51. The van der Waals surface area contributed by atoms with Crippen LogP contribution < -0.4 is 10.2 Å². The van der Waals surface area contributed by atoms with Gasteiger partial charge in [-0.05, 0) is 30.9 Å². The van der Waals surface area contributed by atoms with Crippen molar-refractivity contribution in [1.29, 1.82) is 0 Å². The number of piperidine rings is 1. The van der Waals surface area contributed by atoms with Gasteiger partial charge in [-0.2, -0.15) is 0 Å². The van der Waals surface area contributed by atoms with Crippen LogP contribution in [0, 0.1) is 5.92 Å². The van der Waals surface area contributed by atoms with Crippen molar-refractivity contribution in [3.05, 3.63) is 24.4 Å². The van der Waals surface area contributed by atoms with E-state index in [0.717, 1.165) is 31.7 Å². The van der Waals surface area contributed by atoms with Crippen molar-refractivity contribution in [1.82, 2.24) is 10.3 Å². The van der Waals surface area contributed by atoms with Gasteiger partial charge in [0, 0.05) is 25.3 Å². The maximum atomic E-state index is 11.8. The second-order valence-corrected chi connectivity index (χ2v) is 5.86. The topological polar surface area (TPSA) is 54.5 Å². The third-order valence-corrected chi connectivity index (χ3v) is 4.01. The zero-order chi connectivity index (χ0) is 15.2. The monoisotopic (exact) mass is 291 g/mol. The molecule has 0 aliphatic carbocycles. The Morgan fingerprint density at radius 1 is 1.38 bits per heavy atom. The van der Waals surface area contributed by atoms with E-state index in [1.807, 2.05) is 38.2 Å². The van der Waals surface area contributed by atoms with E-state index >= 15 is 0 Å². The summed E-state index contributed by atoms with van der Waals surface area (Å²) in [7, 11) is 1.45. The first kappa shape index (κ1) is 15.8. The van der Waals surface area contributed by atoms with Gasteiger partial charge in [0.05, 0.1) is 7.11 Å². The minimum Gasteiger partial charge on any atom is -0.468 e. The second kappa shape index (κ2) is 7.41. The molecule has 0 amide bonds. The molecule has 0 aromatic carbocycles. The molecular formula is C16H25N3O2. The van der Waals surface area contributed by atoms with Crippen LogP contribution in [0.5, 0.6) is 0 Å². The van der Waals surface area contributed by atoms with Crippen LogP contribution >= 0.6 is 0 Å². The number of pyridine rings is 1. The van der Waals surface area contributed by atoms with E-state index < -0.39 is 0 Å². The van der Waals surface area contributed by atoms with Crippen LogP contribution in [0.4, 0.5) is 5.82 Å². The molecule has 1 aliphatic heterocycles. The molecule has 1 N–H and O–H groups in total. The van der Waals surface area contributed by atoms with Crippen molar-refractivity contribution in [2.24, 2.45) is 5.92 Å². The Labute approximate surface area is 126 Å². The van der Waals surface area contributed by atoms with Gasteiger partial charge in [-0.15, -0.1) is 0 Å². The Hall–Kier alpha value is -1.62. The van der Waals surface area contributed by atoms with Gasteiger partial charge >= 0.3 is 5.97 Å². The molecule has 1 aromatic rings. The van der Waals surface area contributed by atoms with Crippen molar-refractivity contribution in [2.75, 3.05) is 25.1 Å². The molecule has 1 fully saturated rings. The van der Waals surface area contributed by atoms with Crippen molar-refractivity contribution in [2.45, 2.75) is 38.8 Å². The molecule has 2 heterocycles. The summed E-state index contributed by atoms with van der Waals surface area (Å²) in [5.41, 5.74) is 0. The van der Waals surface area contributed by atoms with Crippen molar-refractivity contribution in [3.8, 4) is 0 Å². The van der Waals surface area contributed by atoms with Crippen molar-refractivity contribution in [3.63, 3.8) is 0 Å². The van der Waals surface area contributed by atoms with E-state index in [1.54, 1.807) is 0 Å². The van der Waals surface area contributed by atoms with Crippen molar-refractivity contribution >= 4 is 11.8 Å². The number of hydrogen-bond acceptors (Lipinski definition) is 5. The molecule has 21 heavy (non-hydrogen) atoms. The van der Waals surface area contributed by atoms with E-state index in [-0.39, 0.29) is 17.9 Å². The predicted octanol–water partition coefficient (Wildman–Crippen LogP) is 1.84. The van der Waals surface area contributed by atoms with Crippen LogP contribution in [0.1, 0.15) is 26.7 Å². The minimum atomic E-state index is -0.221. The first-order chi connectivity index (χ1) is 10.1. The minimum absolute atomic E-state index is 0.169. The number of methoxy groups -OCH3 is 1. The highest BCUT2D eigenvalue weighted by Crippen LogP contribution is 2.18. The first-order valence-corrected chi connectivity index (χ1v) is 7.61. The number of carbonyl (C=O) groups excluding carboxylic acids is 1. The Bertz CT molecular complexity index is 442. The standard InChI is InChI=1S/C16H25N3O2/c1-12(2)15(16(20)21-3)18-13-7-10-19(11-8-13)14-6-4-5-9-17-14/h4-6,9,12-13,15,18H,7-8,10-11H2,1-3H3/t15-/m0/s1. The Balaban J connectivity index is 1.87. The highest BCUT2D eigenvalue weighted by Gasteiger charge is 2.28. The lowest BCUT2D eigenvalue weighted by Gasteiger charge is -2.35. The smallest absolute Gasteiger partial charge is 0.323 e. The highest BCUT2D eigenvalue weighted by atomic mass is 16.5. The van der Waals surface area contributed by atoms with Gasteiger partial charge in [-0.1, -0.05) is 19.9 Å². The lowest BCUT2D eigenvalue weighted by atomic mass is 9.99. The summed E-state index contributed by atoms with van der Waals surface area (Å²) >= 11 is 0. The van der Waals surface area contributed by atoms with Gasteiger partial charge in [-0.25, -0.2) is 4.98 Å². The molecule has 116 valence electrons. The molecule has 0 spiro atoms. The highest BCUT2D eigenvalue weighted by molar-refractivity contribution is 5.76. The normalized spacial score (nSPS) is 17.8. The van der Waals surface area contributed by atoms with E-state index in [0.29, 0.717) is 6.04 Å². The van der Waals surface area contributed by atoms with Crippen molar-refractivity contribution < 1.29 is 9.53 Å². The van der Waals surface area contributed by atoms with E-state index in [9.17, 15) is 4.79 Å². The molecule has 0 radical (unpaired) electrons. The fourth-order valence-corrected chi connectivity index (χ4v) is 2.73. The lowest BCUT2D eigenvalue weighted by molar-refractivity contribution is -0.144. The molecule has 1 aromatic heterocycles. The number of carbonyl (C=O) groups is 1. The average Bonchev–Trinajstić information content (AvgIpc) is 2.53. The van der Waals surface area contributed by atoms with E-state index in [4.69, 9.17) is 4.74 Å². The largest absolute Gasteiger partial charge is 0.468 e. The van der Waals surface area contributed by atoms with Crippen LogP contribution in [0.25, 0.3) is 0 Å². The molecule has 0 saturated carbocycles. The number of anilines is 1. The zero-order valence-corrected chi connectivity index (χ0v) is 13.1. The van der Waals surface area contributed by atoms with Crippen LogP contribution in [-0.4, -0.2) is 43.2 Å². The summed E-state index contributed by atoms with van der Waals surface area (Å²) in [6, 6.07) is 6.12. The number of hydrogen-bond donors (Lipinski definition) is 1. The van der Waals surface area contributed by atoms with Crippen LogP contribution in [0.2, 0.25) is 0 Å². The molecular weight excluding hydrogens is 266 g/mol. The number of esters is 1. The van der Waals surface area contributed by atoms with Gasteiger partial charge in [0.15, 0.2) is 0 Å². The van der Waals surface area contributed by atoms with Gasteiger partial charge in [0.25, 0.3) is 0 Å². The maximum Gasteiger partial charge on any atom is 0.323 e. The molecule has 1 aliphatic rings. The summed E-state index contributed by atoms with van der Waals surface area (Å²) in [6.45, 7) is 6.00. The molecule has 5 heteroatoms. The van der Waals surface area contributed by atoms with Crippen LogP contribution in [0.3, 0.4) is 0 Å². The predicted molar refractivity (Wildman–Crippen MR) is 83.2 cm³/mol.